The standard InChI is InChI=1S/C15H13ClF2N4O2/c16-13-8(4-22-5-9(3-19-22)14(23)24)1-2-12(20-13)21-6-10-11(7-21)15(10,17)18/h1-3,5,10-11H,4,6-7H2,(H,23,24). The Morgan fingerprint density at radius 1 is 1.38 bits per heavy atom. The molecule has 24 heavy (non-hydrogen) atoms. The lowest BCUT2D eigenvalue weighted by atomic mass is 10.2. The van der Waals surface area contributed by atoms with Crippen LogP contribution >= 0.6 is 11.6 Å². The molecule has 0 amide bonds. The third-order valence-electron chi connectivity index (χ3n) is 4.65. The van der Waals surface area contributed by atoms with Gasteiger partial charge in [0.2, 0.25) is 0 Å². The summed E-state index contributed by atoms with van der Waals surface area (Å²) in [7, 11) is 0. The number of halogens is 3. The molecule has 0 radical (unpaired) electrons. The highest BCUT2D eigenvalue weighted by Crippen LogP contribution is 2.59. The molecule has 0 aromatic carbocycles. The summed E-state index contributed by atoms with van der Waals surface area (Å²) in [4.78, 5) is 17.0. The topological polar surface area (TPSA) is 71.2 Å². The van der Waals surface area contributed by atoms with Gasteiger partial charge in [-0.3, -0.25) is 4.68 Å². The molecule has 0 bridgehead atoms. The summed E-state index contributed by atoms with van der Waals surface area (Å²) in [6.45, 7) is 0.867. The summed E-state index contributed by atoms with van der Waals surface area (Å²) in [5.41, 5.74) is 0.767. The third-order valence-corrected chi connectivity index (χ3v) is 4.97. The van der Waals surface area contributed by atoms with Gasteiger partial charge in [-0.05, 0) is 6.07 Å². The van der Waals surface area contributed by atoms with Gasteiger partial charge in [0.05, 0.1) is 30.1 Å². The predicted molar refractivity (Wildman–Crippen MR) is 81.7 cm³/mol. The van der Waals surface area contributed by atoms with Gasteiger partial charge in [-0.25, -0.2) is 18.6 Å². The van der Waals surface area contributed by atoms with Gasteiger partial charge in [-0.1, -0.05) is 17.7 Å². The first kappa shape index (κ1) is 15.3. The van der Waals surface area contributed by atoms with E-state index in [4.69, 9.17) is 16.7 Å². The Bertz CT molecular complexity index is 812. The van der Waals surface area contributed by atoms with E-state index in [1.54, 1.807) is 12.1 Å². The number of fused-ring (bicyclic) bond motifs is 1. The van der Waals surface area contributed by atoms with Crippen molar-refractivity contribution < 1.29 is 18.7 Å². The van der Waals surface area contributed by atoms with Gasteiger partial charge < -0.3 is 10.0 Å². The molecule has 2 aromatic rings. The fourth-order valence-electron chi connectivity index (χ4n) is 3.18. The van der Waals surface area contributed by atoms with Crippen molar-refractivity contribution in [2.24, 2.45) is 11.8 Å². The van der Waals surface area contributed by atoms with Crippen molar-refractivity contribution in [3.05, 3.63) is 40.8 Å². The average molecular weight is 355 g/mol. The molecular weight excluding hydrogens is 342 g/mol. The molecule has 2 aromatic heterocycles. The Labute approximate surface area is 140 Å². The van der Waals surface area contributed by atoms with Gasteiger partial charge in [0, 0.05) is 24.8 Å². The highest BCUT2D eigenvalue weighted by molar-refractivity contribution is 6.30. The van der Waals surface area contributed by atoms with E-state index >= 15 is 0 Å². The van der Waals surface area contributed by atoms with Gasteiger partial charge in [0.25, 0.3) is 5.92 Å². The third kappa shape index (κ3) is 2.41. The Balaban J connectivity index is 1.47. The van der Waals surface area contributed by atoms with Gasteiger partial charge in [0.15, 0.2) is 0 Å². The summed E-state index contributed by atoms with van der Waals surface area (Å²) >= 11 is 6.19. The van der Waals surface area contributed by atoms with Gasteiger partial charge in [0.1, 0.15) is 11.0 Å². The minimum atomic E-state index is -2.53. The molecular formula is C15H13ClF2N4O2. The second kappa shape index (κ2) is 5.14. The number of carboxylic acids is 1. The normalized spacial score (nSPS) is 24.0. The first-order valence-electron chi connectivity index (χ1n) is 7.40. The zero-order valence-corrected chi connectivity index (χ0v) is 13.1. The summed E-state index contributed by atoms with van der Waals surface area (Å²) in [5.74, 6) is -4.14. The largest absolute Gasteiger partial charge is 0.478 e. The van der Waals surface area contributed by atoms with Crippen LogP contribution in [0.15, 0.2) is 24.5 Å². The smallest absolute Gasteiger partial charge is 0.338 e. The maximum Gasteiger partial charge on any atom is 0.338 e. The van der Waals surface area contributed by atoms with Gasteiger partial charge in [-0.2, -0.15) is 5.10 Å². The molecule has 2 fully saturated rings. The van der Waals surface area contributed by atoms with Crippen LogP contribution in [0.3, 0.4) is 0 Å². The number of carboxylic acid groups (broad SMARTS) is 1. The molecule has 1 saturated heterocycles. The molecule has 4 rings (SSSR count). The van der Waals surface area contributed by atoms with E-state index < -0.39 is 23.7 Å². The van der Waals surface area contributed by atoms with Crippen LogP contribution in [-0.2, 0) is 6.54 Å². The molecule has 3 heterocycles. The maximum atomic E-state index is 13.3. The number of hydrogen-bond acceptors (Lipinski definition) is 4. The van der Waals surface area contributed by atoms with Crippen molar-refractivity contribution in [3.63, 3.8) is 0 Å². The van der Waals surface area contributed by atoms with Crippen LogP contribution in [0.25, 0.3) is 0 Å². The number of aromatic nitrogens is 3. The first-order chi connectivity index (χ1) is 11.4. The number of rotatable bonds is 4. The van der Waals surface area contributed by atoms with E-state index in [0.29, 0.717) is 24.5 Å². The van der Waals surface area contributed by atoms with Gasteiger partial charge in [-0.15, -0.1) is 0 Å². The highest BCUT2D eigenvalue weighted by Gasteiger charge is 2.71. The van der Waals surface area contributed by atoms with E-state index in [-0.39, 0.29) is 17.3 Å². The molecule has 6 nitrogen and oxygen atoms in total. The van der Waals surface area contributed by atoms with Crippen molar-refractivity contribution in [3.8, 4) is 0 Å². The van der Waals surface area contributed by atoms with Crippen LogP contribution in [0.2, 0.25) is 5.15 Å². The molecule has 1 saturated carbocycles. The van der Waals surface area contributed by atoms with E-state index in [9.17, 15) is 13.6 Å². The number of nitrogens with zero attached hydrogens (tertiary/aromatic N) is 4. The molecule has 1 aliphatic heterocycles. The Hall–Kier alpha value is -2.22. The molecule has 1 aliphatic carbocycles. The Kier molecular flexibility index (Phi) is 3.28. The number of aromatic carboxylic acids is 1. The number of anilines is 1. The number of alkyl halides is 2. The molecule has 9 heteroatoms. The van der Waals surface area contributed by atoms with Crippen LogP contribution in [0.4, 0.5) is 14.6 Å². The highest BCUT2D eigenvalue weighted by atomic mass is 35.5. The van der Waals surface area contributed by atoms with Crippen molar-refractivity contribution in [1.82, 2.24) is 14.8 Å². The van der Waals surface area contributed by atoms with E-state index in [0.717, 1.165) is 0 Å². The van der Waals surface area contributed by atoms with Crippen LogP contribution in [-0.4, -0.2) is 44.9 Å². The molecule has 1 N–H and O–H groups in total. The fraction of sp³-hybridized carbons (Fsp3) is 0.400. The number of piperidine rings is 1. The summed E-state index contributed by atoms with van der Waals surface area (Å²) in [6.07, 6.45) is 2.66. The van der Waals surface area contributed by atoms with E-state index in [1.165, 1.54) is 17.1 Å². The van der Waals surface area contributed by atoms with Crippen LogP contribution in [0.1, 0.15) is 15.9 Å². The monoisotopic (exact) mass is 354 g/mol. The van der Waals surface area contributed by atoms with Gasteiger partial charge >= 0.3 is 5.97 Å². The maximum absolute atomic E-state index is 13.3. The van der Waals surface area contributed by atoms with E-state index in [2.05, 4.69) is 10.1 Å². The molecule has 2 unspecified atom stereocenters. The van der Waals surface area contributed by atoms with Crippen molar-refractivity contribution in [2.75, 3.05) is 18.0 Å². The van der Waals surface area contributed by atoms with E-state index in [1.807, 2.05) is 4.90 Å². The Morgan fingerprint density at radius 3 is 2.67 bits per heavy atom. The van der Waals surface area contributed by atoms with Crippen molar-refractivity contribution >= 4 is 23.4 Å². The van der Waals surface area contributed by atoms with Crippen LogP contribution in [0.5, 0.6) is 0 Å². The lowest BCUT2D eigenvalue weighted by Gasteiger charge is -2.21. The minimum Gasteiger partial charge on any atom is -0.478 e. The summed E-state index contributed by atoms with van der Waals surface area (Å²) in [5, 5.41) is 13.1. The average Bonchev–Trinajstić information content (AvgIpc) is 3.00. The SMILES string of the molecule is O=C(O)c1cnn(Cc2ccc(N3CC4C(C3)C4(F)F)nc2Cl)c1. The number of hydrogen-bond donors (Lipinski definition) is 1. The number of pyridine rings is 1. The fourth-order valence-corrected chi connectivity index (χ4v) is 3.39. The second-order valence-corrected chi connectivity index (χ2v) is 6.50. The lowest BCUT2D eigenvalue weighted by molar-refractivity contribution is 0.0696. The predicted octanol–water partition coefficient (Wildman–Crippen LogP) is 2.38. The van der Waals surface area contributed by atoms with Crippen LogP contribution in [0, 0.1) is 11.8 Å². The lowest BCUT2D eigenvalue weighted by Crippen LogP contribution is -2.28. The number of carbonyl (C=O) groups is 1. The molecule has 126 valence electrons. The molecule has 0 spiro atoms. The minimum absolute atomic E-state index is 0.0907. The van der Waals surface area contributed by atoms with Crippen molar-refractivity contribution in [1.29, 1.82) is 0 Å². The summed E-state index contributed by atoms with van der Waals surface area (Å²) < 4.78 is 28.0. The second-order valence-electron chi connectivity index (χ2n) is 6.14. The zero-order valence-electron chi connectivity index (χ0n) is 12.4. The molecule has 2 aliphatic rings. The zero-order chi connectivity index (χ0) is 17.1. The van der Waals surface area contributed by atoms with Crippen molar-refractivity contribution in [2.45, 2.75) is 12.5 Å². The Morgan fingerprint density at radius 2 is 2.08 bits per heavy atom. The molecule has 2 atom stereocenters. The quantitative estimate of drug-likeness (QED) is 0.854. The summed E-state index contributed by atoms with van der Waals surface area (Å²) in [6, 6.07) is 3.50. The first-order valence-corrected chi connectivity index (χ1v) is 7.78. The van der Waals surface area contributed by atoms with Crippen LogP contribution < -0.4 is 4.90 Å².